The third-order valence-electron chi connectivity index (χ3n) is 3.06. The van der Waals surface area contributed by atoms with Crippen LogP contribution in [0.2, 0.25) is 5.02 Å². The van der Waals surface area contributed by atoms with E-state index in [1.807, 2.05) is 6.92 Å². The van der Waals surface area contributed by atoms with Crippen LogP contribution in [-0.4, -0.2) is 42.9 Å². The van der Waals surface area contributed by atoms with Crippen LogP contribution < -0.4 is 4.74 Å². The van der Waals surface area contributed by atoms with Crippen molar-refractivity contribution in [1.29, 1.82) is 0 Å². The van der Waals surface area contributed by atoms with Gasteiger partial charge < -0.3 is 14.6 Å². The van der Waals surface area contributed by atoms with Gasteiger partial charge in [-0.15, -0.1) is 0 Å². The van der Waals surface area contributed by atoms with E-state index in [9.17, 15) is 5.11 Å². The Labute approximate surface area is 112 Å². The molecule has 1 aromatic rings. The van der Waals surface area contributed by atoms with E-state index < -0.39 is 0 Å². The summed E-state index contributed by atoms with van der Waals surface area (Å²) < 4.78 is 10.6. The highest BCUT2D eigenvalue weighted by molar-refractivity contribution is 6.30. The Balaban J connectivity index is 2.15. The predicted molar refractivity (Wildman–Crippen MR) is 70.4 cm³/mol. The second kappa shape index (κ2) is 5.78. The van der Waals surface area contributed by atoms with E-state index in [2.05, 4.69) is 4.90 Å². The monoisotopic (exact) mass is 271 g/mol. The lowest BCUT2D eigenvalue weighted by Crippen LogP contribution is -2.40. The Morgan fingerprint density at radius 2 is 2.33 bits per heavy atom. The van der Waals surface area contributed by atoms with Gasteiger partial charge in [-0.3, -0.25) is 4.90 Å². The highest BCUT2D eigenvalue weighted by atomic mass is 35.5. The van der Waals surface area contributed by atoms with Crippen molar-refractivity contribution in [1.82, 2.24) is 4.90 Å². The van der Waals surface area contributed by atoms with E-state index in [1.165, 1.54) is 7.11 Å². The molecule has 1 aromatic carbocycles. The number of nitrogens with zero attached hydrogens (tertiary/aromatic N) is 1. The van der Waals surface area contributed by atoms with Gasteiger partial charge in [-0.25, -0.2) is 0 Å². The van der Waals surface area contributed by atoms with Crippen molar-refractivity contribution in [2.24, 2.45) is 0 Å². The van der Waals surface area contributed by atoms with E-state index in [4.69, 9.17) is 21.1 Å². The first-order valence-electron chi connectivity index (χ1n) is 5.99. The van der Waals surface area contributed by atoms with E-state index in [1.54, 1.807) is 12.1 Å². The van der Waals surface area contributed by atoms with Crippen molar-refractivity contribution in [3.05, 3.63) is 22.7 Å². The summed E-state index contributed by atoms with van der Waals surface area (Å²) >= 11 is 6.01. The zero-order valence-electron chi connectivity index (χ0n) is 10.6. The summed E-state index contributed by atoms with van der Waals surface area (Å²) in [6.45, 7) is 5.13. The Kier molecular flexibility index (Phi) is 4.32. The Morgan fingerprint density at radius 1 is 1.56 bits per heavy atom. The summed E-state index contributed by atoms with van der Waals surface area (Å²) in [6.07, 6.45) is 0.224. The molecule has 0 radical (unpaired) electrons. The van der Waals surface area contributed by atoms with Crippen LogP contribution >= 0.6 is 11.6 Å². The average molecular weight is 272 g/mol. The molecule has 4 nitrogen and oxygen atoms in total. The minimum atomic E-state index is 0.168. The molecule has 1 aliphatic heterocycles. The van der Waals surface area contributed by atoms with E-state index in [-0.39, 0.29) is 11.9 Å². The molecule has 2 rings (SSSR count). The number of halogens is 1. The van der Waals surface area contributed by atoms with E-state index in [0.29, 0.717) is 17.3 Å². The summed E-state index contributed by atoms with van der Waals surface area (Å²) in [5.74, 6) is 0.583. The normalized spacial score (nSPS) is 20.9. The Bertz CT molecular complexity index is 425. The van der Waals surface area contributed by atoms with Gasteiger partial charge in [0.15, 0.2) is 11.5 Å². The third kappa shape index (κ3) is 3.07. The minimum absolute atomic E-state index is 0.168. The van der Waals surface area contributed by atoms with Crippen molar-refractivity contribution < 1.29 is 14.6 Å². The minimum Gasteiger partial charge on any atom is -0.504 e. The van der Waals surface area contributed by atoms with Gasteiger partial charge in [0.2, 0.25) is 0 Å². The second-order valence-electron chi connectivity index (χ2n) is 4.53. The molecule has 1 aliphatic rings. The first kappa shape index (κ1) is 13.5. The zero-order valence-corrected chi connectivity index (χ0v) is 11.4. The number of hydrogen-bond acceptors (Lipinski definition) is 4. The van der Waals surface area contributed by atoms with Gasteiger partial charge in [-0.1, -0.05) is 11.6 Å². The Morgan fingerprint density at radius 3 is 3.00 bits per heavy atom. The number of rotatable bonds is 3. The molecule has 0 aromatic heterocycles. The lowest BCUT2D eigenvalue weighted by molar-refractivity contribution is -0.0214. The van der Waals surface area contributed by atoms with Gasteiger partial charge in [0.1, 0.15) is 0 Å². The maximum atomic E-state index is 10.1. The quantitative estimate of drug-likeness (QED) is 0.916. The van der Waals surface area contributed by atoms with Gasteiger partial charge in [0.25, 0.3) is 0 Å². The summed E-state index contributed by atoms with van der Waals surface area (Å²) in [6, 6.07) is 3.39. The number of phenolic OH excluding ortho intramolecular Hbond substituents is 1. The molecule has 1 fully saturated rings. The summed E-state index contributed by atoms with van der Waals surface area (Å²) in [4.78, 5) is 2.24. The lowest BCUT2D eigenvalue weighted by Gasteiger charge is -2.31. The molecule has 1 atom stereocenters. The fourth-order valence-electron chi connectivity index (χ4n) is 2.18. The van der Waals surface area contributed by atoms with Crippen molar-refractivity contribution in [2.45, 2.75) is 19.6 Å². The predicted octanol–water partition coefficient (Wildman–Crippen LogP) is 2.27. The molecule has 1 unspecified atom stereocenters. The molecule has 0 saturated carbocycles. The smallest absolute Gasteiger partial charge is 0.162 e. The van der Waals surface area contributed by atoms with Crippen molar-refractivity contribution >= 4 is 11.6 Å². The van der Waals surface area contributed by atoms with Crippen LogP contribution in [0.25, 0.3) is 0 Å². The fraction of sp³-hybridized carbons (Fsp3) is 0.538. The number of phenols is 1. The number of methoxy groups -OCH3 is 1. The molecule has 0 amide bonds. The van der Waals surface area contributed by atoms with Crippen LogP contribution in [0.1, 0.15) is 12.5 Å². The van der Waals surface area contributed by atoms with Crippen LogP contribution in [-0.2, 0) is 11.3 Å². The van der Waals surface area contributed by atoms with E-state index >= 15 is 0 Å². The number of morpholine rings is 1. The van der Waals surface area contributed by atoms with Gasteiger partial charge in [-0.05, 0) is 13.0 Å². The maximum absolute atomic E-state index is 10.1. The summed E-state index contributed by atoms with van der Waals surface area (Å²) in [5.41, 5.74) is 0.786. The molecule has 18 heavy (non-hydrogen) atoms. The molecule has 1 N–H and O–H groups in total. The van der Waals surface area contributed by atoms with E-state index in [0.717, 1.165) is 25.3 Å². The number of benzene rings is 1. The molecular formula is C13H18ClNO3. The fourth-order valence-corrected chi connectivity index (χ4v) is 2.41. The molecule has 0 aliphatic carbocycles. The first-order chi connectivity index (χ1) is 8.60. The van der Waals surface area contributed by atoms with Crippen molar-refractivity contribution in [3.8, 4) is 11.5 Å². The van der Waals surface area contributed by atoms with Crippen LogP contribution in [0.4, 0.5) is 0 Å². The summed E-state index contributed by atoms with van der Waals surface area (Å²) in [5, 5.41) is 10.6. The number of aromatic hydroxyl groups is 1. The topological polar surface area (TPSA) is 41.9 Å². The highest BCUT2D eigenvalue weighted by Gasteiger charge is 2.19. The number of ether oxygens (including phenoxy) is 2. The zero-order chi connectivity index (χ0) is 13.1. The second-order valence-corrected chi connectivity index (χ2v) is 4.97. The standard InChI is InChI=1S/C13H18ClNO3/c1-9-7-15(3-4-18-9)8-10-5-11(14)6-12(17-2)13(10)16/h5-6,9,16H,3-4,7-8H2,1-2H3. The third-order valence-corrected chi connectivity index (χ3v) is 3.28. The molecule has 100 valence electrons. The van der Waals surface area contributed by atoms with Gasteiger partial charge >= 0.3 is 0 Å². The molecule has 0 spiro atoms. The number of hydrogen-bond donors (Lipinski definition) is 1. The van der Waals surface area contributed by atoms with Crippen LogP contribution in [0.3, 0.4) is 0 Å². The van der Waals surface area contributed by atoms with Gasteiger partial charge in [0, 0.05) is 36.3 Å². The summed E-state index contributed by atoms with van der Waals surface area (Å²) in [7, 11) is 1.52. The lowest BCUT2D eigenvalue weighted by atomic mass is 10.1. The highest BCUT2D eigenvalue weighted by Crippen LogP contribution is 2.34. The molecule has 5 heteroatoms. The SMILES string of the molecule is COc1cc(Cl)cc(CN2CCOC(C)C2)c1O. The molecular weight excluding hydrogens is 254 g/mol. The van der Waals surface area contributed by atoms with Crippen LogP contribution in [0.5, 0.6) is 11.5 Å². The van der Waals surface area contributed by atoms with Gasteiger partial charge in [0.05, 0.1) is 19.8 Å². The first-order valence-corrected chi connectivity index (χ1v) is 6.37. The average Bonchev–Trinajstić information content (AvgIpc) is 2.33. The van der Waals surface area contributed by atoms with Gasteiger partial charge in [-0.2, -0.15) is 0 Å². The largest absolute Gasteiger partial charge is 0.504 e. The van der Waals surface area contributed by atoms with Crippen LogP contribution in [0.15, 0.2) is 12.1 Å². The molecule has 1 heterocycles. The maximum Gasteiger partial charge on any atom is 0.162 e. The molecule has 1 saturated heterocycles. The molecule has 0 bridgehead atoms. The van der Waals surface area contributed by atoms with Crippen molar-refractivity contribution in [3.63, 3.8) is 0 Å². The van der Waals surface area contributed by atoms with Crippen LogP contribution in [0, 0.1) is 0 Å². The van der Waals surface area contributed by atoms with Crippen molar-refractivity contribution in [2.75, 3.05) is 26.8 Å². The Hall–Kier alpha value is -0.970.